The van der Waals surface area contributed by atoms with Gasteiger partial charge in [0, 0.05) is 25.8 Å². The van der Waals surface area contributed by atoms with E-state index in [0.29, 0.717) is 6.04 Å². The monoisotopic (exact) mass is 208 g/mol. The van der Waals surface area contributed by atoms with E-state index in [9.17, 15) is 0 Å². The molecule has 0 amide bonds. The van der Waals surface area contributed by atoms with Crippen LogP contribution in [-0.4, -0.2) is 21.0 Å². The summed E-state index contributed by atoms with van der Waals surface area (Å²) in [5.41, 5.74) is 1.04. The number of aryl methyl sites for hydroxylation is 1. The second-order valence-electron chi connectivity index (χ2n) is 4.72. The fourth-order valence-electron chi connectivity index (χ4n) is 2.19. The van der Waals surface area contributed by atoms with Gasteiger partial charge in [0.25, 0.3) is 0 Å². The zero-order valence-corrected chi connectivity index (χ0v) is 9.61. The van der Waals surface area contributed by atoms with E-state index in [1.165, 1.54) is 25.7 Å². The third kappa shape index (κ3) is 3.02. The van der Waals surface area contributed by atoms with Crippen molar-refractivity contribution in [1.82, 2.24) is 20.3 Å². The molecule has 2 rings (SSSR count). The third-order valence-corrected chi connectivity index (χ3v) is 3.24. The number of rotatable bonds is 3. The largest absolute Gasteiger partial charge is 0.308 e. The lowest BCUT2D eigenvalue weighted by Gasteiger charge is -2.26. The molecule has 0 radical (unpaired) electrons. The zero-order valence-electron chi connectivity index (χ0n) is 9.61. The molecule has 1 saturated carbocycles. The van der Waals surface area contributed by atoms with E-state index in [0.717, 1.165) is 18.2 Å². The first-order valence-electron chi connectivity index (χ1n) is 5.82. The van der Waals surface area contributed by atoms with Crippen LogP contribution < -0.4 is 5.32 Å². The number of hydrogen-bond donors (Lipinski definition) is 1. The molecule has 4 heteroatoms. The van der Waals surface area contributed by atoms with Crippen LogP contribution in [0.15, 0.2) is 6.20 Å². The molecule has 0 saturated heterocycles. The number of aromatic nitrogens is 3. The molecule has 15 heavy (non-hydrogen) atoms. The van der Waals surface area contributed by atoms with Crippen LogP contribution in [0.3, 0.4) is 0 Å². The summed E-state index contributed by atoms with van der Waals surface area (Å²) < 4.78 is 1.75. The van der Waals surface area contributed by atoms with Crippen LogP contribution >= 0.6 is 0 Å². The Morgan fingerprint density at radius 3 is 2.73 bits per heavy atom. The SMILES string of the molecule is CC1CCC(NCc2cn(C)nn2)CC1. The molecule has 0 spiro atoms. The highest BCUT2D eigenvalue weighted by atomic mass is 15.4. The summed E-state index contributed by atoms with van der Waals surface area (Å²) in [7, 11) is 1.90. The molecule has 0 atom stereocenters. The second kappa shape index (κ2) is 4.75. The molecular formula is C11H20N4. The summed E-state index contributed by atoms with van der Waals surface area (Å²) in [5, 5.41) is 11.5. The van der Waals surface area contributed by atoms with Gasteiger partial charge in [-0.25, -0.2) is 0 Å². The van der Waals surface area contributed by atoms with Crippen molar-refractivity contribution in [3.05, 3.63) is 11.9 Å². The maximum Gasteiger partial charge on any atom is 0.0964 e. The molecule has 1 N–H and O–H groups in total. The highest BCUT2D eigenvalue weighted by Crippen LogP contribution is 2.23. The Kier molecular flexibility index (Phi) is 3.36. The molecule has 0 unspecified atom stereocenters. The molecule has 1 fully saturated rings. The van der Waals surface area contributed by atoms with Crippen LogP contribution in [0.2, 0.25) is 0 Å². The van der Waals surface area contributed by atoms with E-state index < -0.39 is 0 Å². The molecule has 4 nitrogen and oxygen atoms in total. The fraction of sp³-hybridized carbons (Fsp3) is 0.818. The molecular weight excluding hydrogens is 188 g/mol. The van der Waals surface area contributed by atoms with E-state index in [2.05, 4.69) is 22.6 Å². The van der Waals surface area contributed by atoms with E-state index >= 15 is 0 Å². The van der Waals surface area contributed by atoms with Crippen LogP contribution in [0.1, 0.15) is 38.3 Å². The predicted octanol–water partition coefficient (Wildman–Crippen LogP) is 1.48. The van der Waals surface area contributed by atoms with Crippen LogP contribution in [-0.2, 0) is 13.6 Å². The summed E-state index contributed by atoms with van der Waals surface area (Å²) in [5.74, 6) is 0.916. The maximum absolute atomic E-state index is 4.07. The minimum atomic E-state index is 0.684. The van der Waals surface area contributed by atoms with E-state index in [4.69, 9.17) is 0 Å². The van der Waals surface area contributed by atoms with E-state index in [-0.39, 0.29) is 0 Å². The normalized spacial score (nSPS) is 26.8. The average molecular weight is 208 g/mol. The van der Waals surface area contributed by atoms with Crippen molar-refractivity contribution in [2.75, 3.05) is 0 Å². The van der Waals surface area contributed by atoms with Gasteiger partial charge in [0.15, 0.2) is 0 Å². The van der Waals surface area contributed by atoms with Crippen molar-refractivity contribution in [1.29, 1.82) is 0 Å². The summed E-state index contributed by atoms with van der Waals surface area (Å²) in [6.07, 6.45) is 7.30. The van der Waals surface area contributed by atoms with Crippen LogP contribution in [0, 0.1) is 5.92 Å². The van der Waals surface area contributed by atoms with Crippen molar-refractivity contribution in [2.45, 2.75) is 45.2 Å². The summed E-state index contributed by atoms with van der Waals surface area (Å²) in [4.78, 5) is 0. The molecule has 0 aliphatic heterocycles. The summed E-state index contributed by atoms with van der Waals surface area (Å²) in [6, 6.07) is 0.684. The number of hydrogen-bond acceptors (Lipinski definition) is 3. The minimum Gasteiger partial charge on any atom is -0.308 e. The Balaban J connectivity index is 1.74. The zero-order chi connectivity index (χ0) is 10.7. The van der Waals surface area contributed by atoms with Gasteiger partial charge in [-0.3, -0.25) is 4.68 Å². The van der Waals surface area contributed by atoms with Crippen LogP contribution in [0.4, 0.5) is 0 Å². The summed E-state index contributed by atoms with van der Waals surface area (Å²) in [6.45, 7) is 3.20. The second-order valence-corrected chi connectivity index (χ2v) is 4.72. The quantitative estimate of drug-likeness (QED) is 0.818. The average Bonchev–Trinajstić information content (AvgIpc) is 2.64. The highest BCUT2D eigenvalue weighted by molar-refractivity contribution is 4.92. The van der Waals surface area contributed by atoms with Crippen molar-refractivity contribution < 1.29 is 0 Å². The van der Waals surface area contributed by atoms with Gasteiger partial charge < -0.3 is 5.32 Å². The predicted molar refractivity (Wildman–Crippen MR) is 59.3 cm³/mol. The fourth-order valence-corrected chi connectivity index (χ4v) is 2.19. The molecule has 0 aromatic carbocycles. The molecule has 84 valence electrons. The Morgan fingerprint density at radius 1 is 1.40 bits per heavy atom. The molecule has 1 heterocycles. The minimum absolute atomic E-state index is 0.684. The topological polar surface area (TPSA) is 42.7 Å². The standard InChI is InChI=1S/C11H20N4/c1-9-3-5-10(6-4-9)12-7-11-8-15(2)14-13-11/h8-10,12H,3-7H2,1-2H3. The van der Waals surface area contributed by atoms with Crippen molar-refractivity contribution in [3.63, 3.8) is 0 Å². The van der Waals surface area contributed by atoms with Gasteiger partial charge in [-0.15, -0.1) is 5.10 Å². The first-order valence-corrected chi connectivity index (χ1v) is 5.82. The maximum atomic E-state index is 4.07. The first kappa shape index (κ1) is 10.6. The van der Waals surface area contributed by atoms with Crippen molar-refractivity contribution >= 4 is 0 Å². The molecule has 1 aliphatic carbocycles. The van der Waals surface area contributed by atoms with E-state index in [1.54, 1.807) is 4.68 Å². The van der Waals surface area contributed by atoms with Crippen LogP contribution in [0.5, 0.6) is 0 Å². The van der Waals surface area contributed by atoms with Gasteiger partial charge in [-0.05, 0) is 31.6 Å². The van der Waals surface area contributed by atoms with Gasteiger partial charge in [0.1, 0.15) is 0 Å². The highest BCUT2D eigenvalue weighted by Gasteiger charge is 2.17. The molecule has 1 aromatic heterocycles. The van der Waals surface area contributed by atoms with Gasteiger partial charge in [-0.2, -0.15) is 0 Å². The Bertz CT molecular complexity index is 299. The number of nitrogens with one attached hydrogen (secondary N) is 1. The molecule has 1 aromatic rings. The lowest BCUT2D eigenvalue weighted by Crippen LogP contribution is -2.32. The Labute approximate surface area is 91.1 Å². The lowest BCUT2D eigenvalue weighted by molar-refractivity contribution is 0.306. The lowest BCUT2D eigenvalue weighted by atomic mass is 9.87. The Hall–Kier alpha value is -0.900. The van der Waals surface area contributed by atoms with Gasteiger partial charge in [-0.1, -0.05) is 12.1 Å². The van der Waals surface area contributed by atoms with Crippen LogP contribution in [0.25, 0.3) is 0 Å². The first-order chi connectivity index (χ1) is 7.24. The van der Waals surface area contributed by atoms with Gasteiger partial charge in [0.2, 0.25) is 0 Å². The molecule has 1 aliphatic rings. The van der Waals surface area contributed by atoms with Crippen molar-refractivity contribution in [2.24, 2.45) is 13.0 Å². The third-order valence-electron chi connectivity index (χ3n) is 3.24. The number of nitrogens with zero attached hydrogens (tertiary/aromatic N) is 3. The van der Waals surface area contributed by atoms with Crippen molar-refractivity contribution in [3.8, 4) is 0 Å². The van der Waals surface area contributed by atoms with E-state index in [1.807, 2.05) is 13.2 Å². The van der Waals surface area contributed by atoms with Gasteiger partial charge in [0.05, 0.1) is 5.69 Å². The Morgan fingerprint density at radius 2 is 2.13 bits per heavy atom. The molecule has 0 bridgehead atoms. The van der Waals surface area contributed by atoms with Gasteiger partial charge >= 0.3 is 0 Å². The smallest absolute Gasteiger partial charge is 0.0964 e. The summed E-state index contributed by atoms with van der Waals surface area (Å²) >= 11 is 0.